The number of pyridine rings is 1. The molecule has 0 saturated carbocycles. The number of fused-ring (bicyclic) bond motifs is 1. The first-order chi connectivity index (χ1) is 12.2. The summed E-state index contributed by atoms with van der Waals surface area (Å²) < 4.78 is 5.17. The summed E-state index contributed by atoms with van der Waals surface area (Å²) in [7, 11) is 0. The number of amides is 1. The molecule has 0 aliphatic carbocycles. The van der Waals surface area contributed by atoms with Crippen LogP contribution < -0.4 is 5.32 Å². The van der Waals surface area contributed by atoms with E-state index in [-0.39, 0.29) is 6.61 Å². The number of alkyl carbamates (subject to hydrolysis) is 1. The number of nitrogens with zero attached hydrogens (tertiary/aromatic N) is 1. The first-order valence-corrected chi connectivity index (χ1v) is 8.19. The number of aromatic nitrogens is 1. The lowest BCUT2D eigenvalue weighted by atomic mass is 10.0. The van der Waals surface area contributed by atoms with E-state index in [1.54, 1.807) is 6.20 Å². The SMILES string of the molecule is Cc1c(C=CCNC(=O)OCc2ccccc2)ccc2cccnc12. The van der Waals surface area contributed by atoms with Crippen LogP contribution in [0.15, 0.2) is 66.9 Å². The Hall–Kier alpha value is -3.14. The summed E-state index contributed by atoms with van der Waals surface area (Å²) in [5.41, 5.74) is 4.18. The second-order valence-electron chi connectivity index (χ2n) is 5.70. The van der Waals surface area contributed by atoms with Crippen LogP contribution in [0.3, 0.4) is 0 Å². The predicted molar refractivity (Wildman–Crippen MR) is 100 cm³/mol. The molecule has 4 heteroatoms. The van der Waals surface area contributed by atoms with Gasteiger partial charge >= 0.3 is 6.09 Å². The molecule has 1 heterocycles. The Kier molecular flexibility index (Phi) is 5.42. The van der Waals surface area contributed by atoms with Gasteiger partial charge in [0, 0.05) is 18.1 Å². The lowest BCUT2D eigenvalue weighted by molar-refractivity contribution is 0.141. The third kappa shape index (κ3) is 4.44. The van der Waals surface area contributed by atoms with Gasteiger partial charge in [0.1, 0.15) is 6.61 Å². The van der Waals surface area contributed by atoms with E-state index in [0.717, 1.165) is 27.6 Å². The number of rotatable bonds is 5. The monoisotopic (exact) mass is 332 g/mol. The smallest absolute Gasteiger partial charge is 0.407 e. The highest BCUT2D eigenvalue weighted by atomic mass is 16.5. The molecule has 0 aliphatic heterocycles. The molecule has 4 nitrogen and oxygen atoms in total. The maximum absolute atomic E-state index is 11.7. The minimum Gasteiger partial charge on any atom is -0.445 e. The van der Waals surface area contributed by atoms with Gasteiger partial charge in [0.15, 0.2) is 0 Å². The van der Waals surface area contributed by atoms with Crippen molar-refractivity contribution in [2.75, 3.05) is 6.54 Å². The van der Waals surface area contributed by atoms with Crippen molar-refractivity contribution in [2.24, 2.45) is 0 Å². The Balaban J connectivity index is 1.51. The van der Waals surface area contributed by atoms with Crippen LogP contribution in [0.4, 0.5) is 4.79 Å². The average Bonchev–Trinajstić information content (AvgIpc) is 2.66. The Morgan fingerprint density at radius 2 is 1.96 bits per heavy atom. The molecule has 0 spiro atoms. The fraction of sp³-hybridized carbons (Fsp3) is 0.143. The molecule has 0 atom stereocenters. The van der Waals surface area contributed by atoms with Crippen molar-refractivity contribution in [3.05, 3.63) is 83.6 Å². The van der Waals surface area contributed by atoms with Crippen LogP contribution >= 0.6 is 0 Å². The van der Waals surface area contributed by atoms with Crippen molar-refractivity contribution in [1.82, 2.24) is 10.3 Å². The number of ether oxygens (including phenoxy) is 1. The fourth-order valence-electron chi connectivity index (χ4n) is 2.59. The second-order valence-corrected chi connectivity index (χ2v) is 5.70. The maximum Gasteiger partial charge on any atom is 0.407 e. The molecule has 3 rings (SSSR count). The Morgan fingerprint density at radius 1 is 1.12 bits per heavy atom. The van der Waals surface area contributed by atoms with E-state index >= 15 is 0 Å². The van der Waals surface area contributed by atoms with Crippen LogP contribution in [0.5, 0.6) is 0 Å². The number of nitrogens with one attached hydrogen (secondary N) is 1. The Morgan fingerprint density at radius 3 is 2.80 bits per heavy atom. The lowest BCUT2D eigenvalue weighted by Gasteiger charge is -2.06. The Bertz CT molecular complexity index is 889. The van der Waals surface area contributed by atoms with Gasteiger partial charge in [-0.3, -0.25) is 4.98 Å². The summed E-state index contributed by atoms with van der Waals surface area (Å²) in [5, 5.41) is 3.84. The first-order valence-electron chi connectivity index (χ1n) is 8.19. The van der Waals surface area contributed by atoms with Gasteiger partial charge in [-0.1, -0.05) is 60.7 Å². The van der Waals surface area contributed by atoms with Gasteiger partial charge in [-0.15, -0.1) is 0 Å². The number of carbonyl (C=O) groups excluding carboxylic acids is 1. The fourth-order valence-corrected chi connectivity index (χ4v) is 2.59. The van der Waals surface area contributed by atoms with Crippen molar-refractivity contribution < 1.29 is 9.53 Å². The topological polar surface area (TPSA) is 51.2 Å². The molecule has 0 aliphatic rings. The summed E-state index contributed by atoms with van der Waals surface area (Å²) in [6.07, 6.45) is 5.26. The van der Waals surface area contributed by atoms with Crippen molar-refractivity contribution in [2.45, 2.75) is 13.5 Å². The van der Waals surface area contributed by atoms with Gasteiger partial charge < -0.3 is 10.1 Å². The third-order valence-corrected chi connectivity index (χ3v) is 3.94. The Labute approximate surface area is 147 Å². The van der Waals surface area contributed by atoms with Crippen molar-refractivity contribution in [3.8, 4) is 0 Å². The highest BCUT2D eigenvalue weighted by Gasteiger charge is 2.02. The van der Waals surface area contributed by atoms with Gasteiger partial charge in [0.05, 0.1) is 5.52 Å². The van der Waals surface area contributed by atoms with Crippen LogP contribution in [0, 0.1) is 6.92 Å². The van der Waals surface area contributed by atoms with E-state index in [1.165, 1.54) is 0 Å². The summed E-state index contributed by atoms with van der Waals surface area (Å²) >= 11 is 0. The minimum atomic E-state index is -0.426. The first kappa shape index (κ1) is 16.7. The van der Waals surface area contributed by atoms with Crippen molar-refractivity contribution in [3.63, 3.8) is 0 Å². The van der Waals surface area contributed by atoms with Gasteiger partial charge in [-0.25, -0.2) is 4.79 Å². The molecule has 0 fully saturated rings. The van der Waals surface area contributed by atoms with Crippen LogP contribution in [-0.2, 0) is 11.3 Å². The number of benzene rings is 2. The van der Waals surface area contributed by atoms with E-state index in [4.69, 9.17) is 4.74 Å². The standard InChI is InChI=1S/C21H20N2O2/c1-16-18(11-12-19-10-6-13-22-20(16)19)9-5-14-23-21(24)25-15-17-7-3-2-4-8-17/h2-13H,14-15H2,1H3,(H,23,24). The number of hydrogen-bond acceptors (Lipinski definition) is 3. The molecular weight excluding hydrogens is 312 g/mol. The van der Waals surface area contributed by atoms with E-state index in [9.17, 15) is 4.79 Å². The van der Waals surface area contributed by atoms with Crippen LogP contribution in [-0.4, -0.2) is 17.6 Å². The molecule has 1 amide bonds. The molecule has 0 unspecified atom stereocenters. The number of hydrogen-bond donors (Lipinski definition) is 1. The van der Waals surface area contributed by atoms with Gasteiger partial charge in [-0.05, 0) is 29.7 Å². The van der Waals surface area contributed by atoms with E-state index in [1.807, 2.05) is 54.6 Å². The molecule has 1 N–H and O–H groups in total. The third-order valence-electron chi connectivity index (χ3n) is 3.94. The molecule has 0 bridgehead atoms. The zero-order valence-electron chi connectivity index (χ0n) is 14.1. The van der Waals surface area contributed by atoms with Crippen LogP contribution in [0.25, 0.3) is 17.0 Å². The molecular formula is C21H20N2O2. The van der Waals surface area contributed by atoms with Crippen molar-refractivity contribution in [1.29, 1.82) is 0 Å². The summed E-state index contributed by atoms with van der Waals surface area (Å²) in [6, 6.07) is 17.7. The van der Waals surface area contributed by atoms with Gasteiger partial charge in [0.25, 0.3) is 0 Å². The minimum absolute atomic E-state index is 0.270. The molecule has 0 radical (unpaired) electrons. The maximum atomic E-state index is 11.7. The average molecular weight is 332 g/mol. The normalized spacial score (nSPS) is 10.9. The zero-order chi connectivity index (χ0) is 17.5. The van der Waals surface area contributed by atoms with E-state index in [0.29, 0.717) is 6.54 Å². The number of carbonyl (C=O) groups is 1. The summed E-state index contributed by atoms with van der Waals surface area (Å²) in [4.78, 5) is 16.1. The lowest BCUT2D eigenvalue weighted by Crippen LogP contribution is -2.24. The molecule has 1 aromatic heterocycles. The molecule has 0 saturated heterocycles. The van der Waals surface area contributed by atoms with Gasteiger partial charge in [0.2, 0.25) is 0 Å². The summed E-state index contributed by atoms with van der Waals surface area (Å²) in [6.45, 7) is 2.73. The van der Waals surface area contributed by atoms with Crippen molar-refractivity contribution >= 4 is 23.1 Å². The second kappa shape index (κ2) is 8.11. The summed E-state index contributed by atoms with van der Waals surface area (Å²) in [5.74, 6) is 0. The van der Waals surface area contributed by atoms with E-state index < -0.39 is 6.09 Å². The molecule has 3 aromatic rings. The van der Waals surface area contributed by atoms with E-state index in [2.05, 4.69) is 29.4 Å². The largest absolute Gasteiger partial charge is 0.445 e. The van der Waals surface area contributed by atoms with Crippen LogP contribution in [0.1, 0.15) is 16.7 Å². The zero-order valence-corrected chi connectivity index (χ0v) is 14.1. The quantitative estimate of drug-likeness (QED) is 0.749. The molecule has 126 valence electrons. The highest BCUT2D eigenvalue weighted by molar-refractivity contribution is 5.84. The van der Waals surface area contributed by atoms with Crippen LogP contribution in [0.2, 0.25) is 0 Å². The van der Waals surface area contributed by atoms with Gasteiger partial charge in [-0.2, -0.15) is 0 Å². The number of aryl methyl sites for hydroxylation is 1. The predicted octanol–water partition coefficient (Wildman–Crippen LogP) is 4.48. The molecule has 25 heavy (non-hydrogen) atoms. The highest BCUT2D eigenvalue weighted by Crippen LogP contribution is 2.20. The molecule has 2 aromatic carbocycles.